The number of nitrogens with one attached hydrogen (secondary N) is 1. The molecule has 2 heterocycles. The molecule has 0 spiro atoms. The number of carbonyl (C=O) groups excluding carboxylic acids is 1. The Morgan fingerprint density at radius 3 is 2.55 bits per heavy atom. The summed E-state index contributed by atoms with van der Waals surface area (Å²) < 4.78 is 5.67. The van der Waals surface area contributed by atoms with Gasteiger partial charge in [0.25, 0.3) is 5.91 Å². The van der Waals surface area contributed by atoms with E-state index in [-0.39, 0.29) is 11.6 Å². The minimum atomic E-state index is -0.266. The van der Waals surface area contributed by atoms with Crippen LogP contribution in [0.15, 0.2) is 83.7 Å². The number of hydrogen-bond donors (Lipinski definition) is 1. The molecule has 4 rings (SSSR count). The molecule has 1 N–H and O–H groups in total. The van der Waals surface area contributed by atoms with Gasteiger partial charge in [-0.05, 0) is 42.2 Å². The SMILES string of the molecule is Cc1ccc(CN(Cc2ccccc2)Cc2nc(C(=O)NCc3cccnc3)co2)c(C)c1. The molecule has 0 aliphatic heterocycles. The molecule has 0 radical (unpaired) electrons. The molecule has 0 atom stereocenters. The Bertz CT molecular complexity index is 1190. The quantitative estimate of drug-likeness (QED) is 0.404. The molecule has 4 aromatic rings. The molecule has 0 aliphatic carbocycles. The Hall–Kier alpha value is -3.77. The second-order valence-corrected chi connectivity index (χ2v) is 8.23. The largest absolute Gasteiger partial charge is 0.447 e. The second-order valence-electron chi connectivity index (χ2n) is 8.23. The van der Waals surface area contributed by atoms with Crippen molar-refractivity contribution in [2.24, 2.45) is 0 Å². The van der Waals surface area contributed by atoms with Crippen molar-refractivity contribution in [2.75, 3.05) is 0 Å². The van der Waals surface area contributed by atoms with Crippen molar-refractivity contribution in [3.8, 4) is 0 Å². The van der Waals surface area contributed by atoms with E-state index in [1.54, 1.807) is 12.4 Å². The van der Waals surface area contributed by atoms with Crippen LogP contribution in [0.5, 0.6) is 0 Å². The number of carbonyl (C=O) groups is 1. The summed E-state index contributed by atoms with van der Waals surface area (Å²) in [6, 6.07) is 20.6. The van der Waals surface area contributed by atoms with Crippen molar-refractivity contribution in [2.45, 2.75) is 40.0 Å². The zero-order valence-corrected chi connectivity index (χ0v) is 19.0. The minimum absolute atomic E-state index is 0.266. The lowest BCUT2D eigenvalue weighted by atomic mass is 10.0. The van der Waals surface area contributed by atoms with Gasteiger partial charge in [0.05, 0.1) is 6.54 Å². The fourth-order valence-electron chi connectivity index (χ4n) is 3.73. The van der Waals surface area contributed by atoms with Gasteiger partial charge in [0.2, 0.25) is 5.89 Å². The fourth-order valence-corrected chi connectivity index (χ4v) is 3.73. The average molecular weight is 441 g/mol. The van der Waals surface area contributed by atoms with Gasteiger partial charge in [-0.15, -0.1) is 0 Å². The Balaban J connectivity index is 1.45. The Labute approximate surface area is 194 Å². The number of oxazole rings is 1. The van der Waals surface area contributed by atoms with E-state index in [0.29, 0.717) is 19.0 Å². The maximum atomic E-state index is 12.5. The van der Waals surface area contributed by atoms with Crippen LogP contribution >= 0.6 is 0 Å². The van der Waals surface area contributed by atoms with E-state index in [2.05, 4.69) is 64.4 Å². The molecule has 6 heteroatoms. The van der Waals surface area contributed by atoms with Gasteiger partial charge < -0.3 is 9.73 Å². The summed E-state index contributed by atoms with van der Waals surface area (Å²) in [4.78, 5) is 23.3. The van der Waals surface area contributed by atoms with Gasteiger partial charge in [-0.1, -0.05) is 60.2 Å². The van der Waals surface area contributed by atoms with Crippen molar-refractivity contribution < 1.29 is 9.21 Å². The summed E-state index contributed by atoms with van der Waals surface area (Å²) in [7, 11) is 0. The molecule has 1 amide bonds. The van der Waals surface area contributed by atoms with Crippen molar-refractivity contribution in [1.29, 1.82) is 0 Å². The van der Waals surface area contributed by atoms with Crippen molar-refractivity contribution in [1.82, 2.24) is 20.2 Å². The Kier molecular flexibility index (Phi) is 7.27. The number of benzene rings is 2. The van der Waals surface area contributed by atoms with Gasteiger partial charge in [0, 0.05) is 32.0 Å². The number of nitrogens with zero attached hydrogens (tertiary/aromatic N) is 3. The molecule has 0 aliphatic rings. The Morgan fingerprint density at radius 1 is 0.970 bits per heavy atom. The van der Waals surface area contributed by atoms with Crippen molar-refractivity contribution in [3.63, 3.8) is 0 Å². The van der Waals surface area contributed by atoms with Crippen LogP contribution in [0.1, 0.15) is 44.2 Å². The van der Waals surface area contributed by atoms with E-state index in [1.165, 1.54) is 28.5 Å². The maximum Gasteiger partial charge on any atom is 0.273 e. The third-order valence-electron chi connectivity index (χ3n) is 5.46. The fraction of sp³-hybridized carbons (Fsp3) is 0.222. The monoisotopic (exact) mass is 440 g/mol. The number of rotatable bonds is 9. The van der Waals surface area contributed by atoms with Crippen LogP contribution in [-0.2, 0) is 26.2 Å². The first kappa shape index (κ1) is 22.4. The molecule has 0 bridgehead atoms. The van der Waals surface area contributed by atoms with Crippen LogP contribution in [0.25, 0.3) is 0 Å². The van der Waals surface area contributed by atoms with Crippen LogP contribution in [0, 0.1) is 13.8 Å². The van der Waals surface area contributed by atoms with Gasteiger partial charge in [-0.2, -0.15) is 0 Å². The summed E-state index contributed by atoms with van der Waals surface area (Å²) >= 11 is 0. The molecule has 33 heavy (non-hydrogen) atoms. The summed E-state index contributed by atoms with van der Waals surface area (Å²) in [5, 5.41) is 2.86. The van der Waals surface area contributed by atoms with Gasteiger partial charge in [-0.3, -0.25) is 14.7 Å². The molecule has 0 saturated heterocycles. The Morgan fingerprint density at radius 2 is 1.79 bits per heavy atom. The third kappa shape index (κ3) is 6.37. The van der Waals surface area contributed by atoms with Gasteiger partial charge in [0.15, 0.2) is 5.69 Å². The van der Waals surface area contributed by atoms with Gasteiger partial charge in [0.1, 0.15) is 6.26 Å². The third-order valence-corrected chi connectivity index (χ3v) is 5.46. The lowest BCUT2D eigenvalue weighted by Gasteiger charge is -2.22. The topological polar surface area (TPSA) is 71.3 Å². The average Bonchev–Trinajstić information content (AvgIpc) is 3.29. The molecular formula is C27H28N4O2. The lowest BCUT2D eigenvalue weighted by molar-refractivity contribution is 0.0945. The normalized spacial score (nSPS) is 11.0. The first-order valence-electron chi connectivity index (χ1n) is 11.0. The van der Waals surface area contributed by atoms with Crippen molar-refractivity contribution in [3.05, 3.63) is 119 Å². The molecule has 2 aromatic heterocycles. The molecule has 2 aromatic carbocycles. The summed E-state index contributed by atoms with van der Waals surface area (Å²) in [6.45, 7) is 6.63. The van der Waals surface area contributed by atoms with Gasteiger partial charge >= 0.3 is 0 Å². The van der Waals surface area contributed by atoms with Gasteiger partial charge in [-0.25, -0.2) is 4.98 Å². The number of aromatic nitrogens is 2. The zero-order chi connectivity index (χ0) is 23.0. The number of hydrogen-bond acceptors (Lipinski definition) is 5. The highest BCUT2D eigenvalue weighted by Crippen LogP contribution is 2.18. The first-order chi connectivity index (χ1) is 16.1. The zero-order valence-electron chi connectivity index (χ0n) is 19.0. The van der Waals surface area contributed by atoms with E-state index in [1.807, 2.05) is 30.3 Å². The number of pyridine rings is 1. The predicted octanol–water partition coefficient (Wildman–Crippen LogP) is 4.82. The number of amides is 1. The van der Waals surface area contributed by atoms with E-state index in [4.69, 9.17) is 4.42 Å². The minimum Gasteiger partial charge on any atom is -0.447 e. The molecule has 168 valence electrons. The predicted molar refractivity (Wildman–Crippen MR) is 127 cm³/mol. The lowest BCUT2D eigenvalue weighted by Crippen LogP contribution is -2.24. The standard InChI is InChI=1S/C27H28N4O2/c1-20-10-11-24(21(2)13-20)17-31(16-22-7-4-3-5-8-22)18-26-30-25(19-33-26)27(32)29-15-23-9-6-12-28-14-23/h3-14,19H,15-18H2,1-2H3,(H,29,32). The summed E-state index contributed by atoms with van der Waals surface area (Å²) in [5.41, 5.74) is 6.19. The summed E-state index contributed by atoms with van der Waals surface area (Å²) in [6.07, 6.45) is 4.85. The van der Waals surface area contributed by atoms with Crippen LogP contribution in [-0.4, -0.2) is 20.8 Å². The first-order valence-corrected chi connectivity index (χ1v) is 11.0. The smallest absolute Gasteiger partial charge is 0.273 e. The highest BCUT2D eigenvalue weighted by molar-refractivity contribution is 5.91. The van der Waals surface area contributed by atoms with E-state index in [0.717, 1.165) is 18.7 Å². The second kappa shape index (κ2) is 10.7. The van der Waals surface area contributed by atoms with E-state index >= 15 is 0 Å². The van der Waals surface area contributed by atoms with E-state index < -0.39 is 0 Å². The maximum absolute atomic E-state index is 12.5. The van der Waals surface area contributed by atoms with Crippen LogP contribution in [0.4, 0.5) is 0 Å². The highest BCUT2D eigenvalue weighted by atomic mass is 16.3. The highest BCUT2D eigenvalue weighted by Gasteiger charge is 2.16. The molecule has 0 unspecified atom stereocenters. The van der Waals surface area contributed by atoms with Crippen molar-refractivity contribution >= 4 is 5.91 Å². The molecule has 0 fully saturated rings. The molecule has 6 nitrogen and oxygen atoms in total. The van der Waals surface area contributed by atoms with Crippen LogP contribution in [0.3, 0.4) is 0 Å². The van der Waals surface area contributed by atoms with E-state index in [9.17, 15) is 4.79 Å². The van der Waals surface area contributed by atoms with Crippen LogP contribution in [0.2, 0.25) is 0 Å². The van der Waals surface area contributed by atoms with Crippen LogP contribution < -0.4 is 5.32 Å². The molecular weight excluding hydrogens is 412 g/mol. The summed E-state index contributed by atoms with van der Waals surface area (Å²) in [5.74, 6) is 0.250. The molecule has 0 saturated carbocycles. The number of aryl methyl sites for hydroxylation is 2.